The summed E-state index contributed by atoms with van der Waals surface area (Å²) in [6.45, 7) is 15.4. The maximum absolute atomic E-state index is 13.9. The topological polar surface area (TPSA) is 120 Å². The van der Waals surface area contributed by atoms with Crippen molar-refractivity contribution >= 4 is 68.5 Å². The quantitative estimate of drug-likeness (QED) is 0.190. The highest BCUT2D eigenvalue weighted by Gasteiger charge is 2.43. The smallest absolute Gasteiger partial charge is 0.435 e. The van der Waals surface area contributed by atoms with E-state index in [0.29, 0.717) is 10.9 Å². The van der Waals surface area contributed by atoms with Gasteiger partial charge in [-0.1, -0.05) is 30.3 Å². The number of ether oxygens (including phenoxy) is 3. The van der Waals surface area contributed by atoms with Crippen LogP contribution in [0.5, 0.6) is 0 Å². The number of halogens is 1. The lowest BCUT2D eigenvalue weighted by Gasteiger charge is -2.39. The highest BCUT2D eigenvalue weighted by molar-refractivity contribution is 9.10. The van der Waals surface area contributed by atoms with E-state index in [1.165, 1.54) is 11.0 Å². The van der Waals surface area contributed by atoms with Gasteiger partial charge in [-0.05, 0) is 102 Å². The molecule has 0 saturated heterocycles. The lowest BCUT2D eigenvalue weighted by molar-refractivity contribution is 0.0520. The van der Waals surface area contributed by atoms with E-state index in [9.17, 15) is 19.2 Å². The SMILES string of the molecule is CC(C)(C)OC(=O)N1C(=C=O)/C(=C\c2ccccc2)N(C(=O)OC(C)(C)C)c2cc3c(Br)nn(C(=O)OC(C)(C)C)c3cc21. The molecule has 0 aliphatic carbocycles. The van der Waals surface area contributed by atoms with Gasteiger partial charge in [-0.25, -0.2) is 29.0 Å². The first-order chi connectivity index (χ1) is 20.3. The molecule has 1 aromatic heterocycles. The molecule has 0 radical (unpaired) electrons. The van der Waals surface area contributed by atoms with E-state index in [-0.39, 0.29) is 32.9 Å². The van der Waals surface area contributed by atoms with Crippen LogP contribution in [-0.2, 0) is 19.0 Å². The van der Waals surface area contributed by atoms with Gasteiger partial charge < -0.3 is 14.2 Å². The average molecular weight is 668 g/mol. The molecule has 0 saturated carbocycles. The lowest BCUT2D eigenvalue weighted by Crippen LogP contribution is -2.46. The minimum absolute atomic E-state index is 0.0221. The molecule has 4 rings (SSSR count). The van der Waals surface area contributed by atoms with E-state index in [1.807, 2.05) is 12.0 Å². The monoisotopic (exact) mass is 666 g/mol. The summed E-state index contributed by atoms with van der Waals surface area (Å²) >= 11 is 3.42. The number of carbonyl (C=O) groups excluding carboxylic acids is 4. The van der Waals surface area contributed by atoms with Gasteiger partial charge in [0.15, 0.2) is 11.6 Å². The second-order valence-corrected chi connectivity index (χ2v) is 13.8. The number of aromatic nitrogens is 2. The first-order valence-electron chi connectivity index (χ1n) is 13.8. The van der Waals surface area contributed by atoms with Crippen LogP contribution in [-0.4, -0.2) is 50.8 Å². The van der Waals surface area contributed by atoms with Gasteiger partial charge in [-0.15, -0.1) is 0 Å². The summed E-state index contributed by atoms with van der Waals surface area (Å²) in [5.74, 6) is 1.85. The summed E-state index contributed by atoms with van der Waals surface area (Å²) in [5.41, 5.74) is -1.86. The van der Waals surface area contributed by atoms with Crippen LogP contribution in [0.1, 0.15) is 67.9 Å². The van der Waals surface area contributed by atoms with Crippen LogP contribution >= 0.6 is 15.9 Å². The highest BCUT2D eigenvalue weighted by Crippen LogP contribution is 2.46. The lowest BCUT2D eigenvalue weighted by atomic mass is 10.0. The maximum atomic E-state index is 13.9. The van der Waals surface area contributed by atoms with Crippen LogP contribution in [0.2, 0.25) is 0 Å². The Morgan fingerprint density at radius 3 is 1.80 bits per heavy atom. The summed E-state index contributed by atoms with van der Waals surface area (Å²) in [6, 6.07) is 12.0. The number of hydrogen-bond donors (Lipinski definition) is 0. The van der Waals surface area contributed by atoms with Crippen molar-refractivity contribution in [3.05, 3.63) is 64.0 Å². The van der Waals surface area contributed by atoms with E-state index in [0.717, 1.165) is 9.58 Å². The van der Waals surface area contributed by atoms with E-state index >= 15 is 0 Å². The first-order valence-corrected chi connectivity index (χ1v) is 14.6. The normalized spacial score (nSPS) is 14.8. The Kier molecular flexibility index (Phi) is 8.56. The molecular formula is C32H35BrN4O7. The van der Waals surface area contributed by atoms with E-state index in [1.54, 1.807) is 98.7 Å². The van der Waals surface area contributed by atoms with E-state index in [4.69, 9.17) is 14.2 Å². The second-order valence-electron chi connectivity index (χ2n) is 13.1. The van der Waals surface area contributed by atoms with Crippen molar-refractivity contribution in [3.63, 3.8) is 0 Å². The Hall–Kier alpha value is -4.41. The van der Waals surface area contributed by atoms with Crippen molar-refractivity contribution in [1.82, 2.24) is 9.78 Å². The Labute approximate surface area is 264 Å². The van der Waals surface area contributed by atoms with Crippen LogP contribution in [0.25, 0.3) is 17.0 Å². The number of fused-ring (bicyclic) bond motifs is 2. The van der Waals surface area contributed by atoms with Crippen molar-refractivity contribution in [2.24, 2.45) is 0 Å². The van der Waals surface area contributed by atoms with Crippen LogP contribution < -0.4 is 9.80 Å². The fraction of sp³-hybridized carbons (Fsp3) is 0.375. The number of rotatable bonds is 1. The van der Waals surface area contributed by atoms with Crippen molar-refractivity contribution in [3.8, 4) is 0 Å². The Morgan fingerprint density at radius 2 is 1.27 bits per heavy atom. The molecule has 1 aliphatic heterocycles. The van der Waals surface area contributed by atoms with Crippen molar-refractivity contribution in [2.75, 3.05) is 9.80 Å². The fourth-order valence-corrected chi connectivity index (χ4v) is 4.79. The Balaban J connectivity index is 2.10. The number of carbonyl (C=O) groups is 3. The zero-order chi connectivity index (χ0) is 32.8. The molecule has 2 amide bonds. The minimum Gasteiger partial charge on any atom is -0.443 e. The molecule has 0 spiro atoms. The molecule has 44 heavy (non-hydrogen) atoms. The van der Waals surface area contributed by atoms with Crippen LogP contribution in [0, 0.1) is 0 Å². The molecule has 3 aromatic rings. The molecule has 1 aliphatic rings. The number of nitrogens with zero attached hydrogens (tertiary/aromatic N) is 4. The van der Waals surface area contributed by atoms with Gasteiger partial charge >= 0.3 is 18.3 Å². The molecule has 0 N–H and O–H groups in total. The fourth-order valence-electron chi connectivity index (χ4n) is 4.31. The van der Waals surface area contributed by atoms with Gasteiger partial charge in [0, 0.05) is 5.39 Å². The number of amides is 2. The molecular weight excluding hydrogens is 632 g/mol. The maximum Gasteiger partial charge on any atom is 0.435 e. The third kappa shape index (κ3) is 7.03. The average Bonchev–Trinajstić information content (AvgIpc) is 3.19. The molecule has 11 nitrogen and oxygen atoms in total. The van der Waals surface area contributed by atoms with Crippen LogP contribution in [0.3, 0.4) is 0 Å². The largest absolute Gasteiger partial charge is 0.443 e. The molecule has 2 aromatic carbocycles. The zero-order valence-corrected chi connectivity index (χ0v) is 27.7. The van der Waals surface area contributed by atoms with Crippen molar-refractivity contribution in [2.45, 2.75) is 79.1 Å². The van der Waals surface area contributed by atoms with Gasteiger partial charge in [0.05, 0.1) is 22.6 Å². The number of benzene rings is 2. The molecule has 0 unspecified atom stereocenters. The highest BCUT2D eigenvalue weighted by atomic mass is 79.9. The van der Waals surface area contributed by atoms with E-state index in [2.05, 4.69) is 21.0 Å². The van der Waals surface area contributed by atoms with Gasteiger partial charge in [-0.3, -0.25) is 0 Å². The minimum atomic E-state index is -0.942. The molecule has 0 atom stereocenters. The summed E-state index contributed by atoms with van der Waals surface area (Å²) < 4.78 is 18.3. The van der Waals surface area contributed by atoms with Gasteiger partial charge in [0.1, 0.15) is 21.4 Å². The summed E-state index contributed by atoms with van der Waals surface area (Å²) in [5, 5.41) is 4.74. The second kappa shape index (κ2) is 11.6. The molecule has 2 heterocycles. The van der Waals surface area contributed by atoms with Gasteiger partial charge in [0.2, 0.25) is 0 Å². The summed E-state index contributed by atoms with van der Waals surface area (Å²) in [7, 11) is 0. The summed E-state index contributed by atoms with van der Waals surface area (Å²) in [6.07, 6.45) is -0.907. The molecule has 232 valence electrons. The Bertz CT molecular complexity index is 1720. The van der Waals surface area contributed by atoms with Gasteiger partial charge in [-0.2, -0.15) is 9.78 Å². The molecule has 0 fully saturated rings. The first kappa shape index (κ1) is 32.5. The number of anilines is 2. The molecule has 12 heteroatoms. The molecule has 0 bridgehead atoms. The predicted octanol–water partition coefficient (Wildman–Crippen LogP) is 7.84. The van der Waals surface area contributed by atoms with E-state index < -0.39 is 35.1 Å². The van der Waals surface area contributed by atoms with Crippen molar-refractivity contribution < 1.29 is 33.4 Å². The third-order valence-electron chi connectivity index (χ3n) is 5.84. The third-order valence-corrected chi connectivity index (χ3v) is 6.42. The zero-order valence-electron chi connectivity index (χ0n) is 26.1. The Morgan fingerprint density at radius 1 is 0.773 bits per heavy atom. The van der Waals surface area contributed by atoms with Crippen LogP contribution in [0.4, 0.5) is 25.8 Å². The van der Waals surface area contributed by atoms with Crippen molar-refractivity contribution in [1.29, 1.82) is 0 Å². The van der Waals surface area contributed by atoms with Gasteiger partial charge in [0.25, 0.3) is 0 Å². The number of hydrogen-bond acceptors (Lipinski definition) is 8. The summed E-state index contributed by atoms with van der Waals surface area (Å²) in [4.78, 5) is 55.9. The predicted molar refractivity (Wildman–Crippen MR) is 170 cm³/mol. The van der Waals surface area contributed by atoms with Crippen LogP contribution in [0.15, 0.2) is 58.5 Å². The standard InChI is InChI=1S/C32H35BrN4O7/c1-30(2,3)42-27(39)35-22(15-19-13-11-10-12-14-19)25(18-38)36(28(40)43-31(4,5)6)24-17-21-20(16-23(24)35)26(33)34-37(21)29(41)44-32(7,8)9/h10-17H,1-9H3/b22-15+.